The Bertz CT molecular complexity index is 975. The summed E-state index contributed by atoms with van der Waals surface area (Å²) in [7, 11) is 0. The van der Waals surface area contributed by atoms with Crippen LogP contribution in [0.15, 0.2) is 54.9 Å². The molecule has 0 bridgehead atoms. The highest BCUT2D eigenvalue weighted by Crippen LogP contribution is 2.16. The first-order chi connectivity index (χ1) is 12.8. The number of tetrazole rings is 1. The van der Waals surface area contributed by atoms with Gasteiger partial charge in [0, 0.05) is 24.5 Å². The van der Waals surface area contributed by atoms with E-state index < -0.39 is 0 Å². The van der Waals surface area contributed by atoms with Crippen LogP contribution in [0.1, 0.15) is 17.2 Å². The lowest BCUT2D eigenvalue weighted by Gasteiger charge is -2.06. The van der Waals surface area contributed by atoms with Crippen molar-refractivity contribution in [1.82, 2.24) is 40.0 Å². The van der Waals surface area contributed by atoms with Gasteiger partial charge >= 0.3 is 0 Å². The van der Waals surface area contributed by atoms with E-state index >= 15 is 0 Å². The fraction of sp³-hybridized carbons (Fsp3) is 0.222. The zero-order valence-corrected chi connectivity index (χ0v) is 14.4. The largest absolute Gasteiger partial charge is 0.265 e. The molecule has 4 aromatic rings. The third-order valence-electron chi connectivity index (χ3n) is 4.14. The first kappa shape index (κ1) is 16.1. The van der Waals surface area contributed by atoms with Gasteiger partial charge in [0.15, 0.2) is 5.82 Å². The Morgan fingerprint density at radius 3 is 2.50 bits per heavy atom. The van der Waals surface area contributed by atoms with Crippen molar-refractivity contribution in [2.75, 3.05) is 0 Å². The molecule has 8 heteroatoms. The Hall–Kier alpha value is -3.42. The SMILES string of the molecule is Cc1nnnn1Cc1nc(-c2ccncc2)nn1CCc1ccccc1. The second-order valence-electron chi connectivity index (χ2n) is 5.93. The third-order valence-corrected chi connectivity index (χ3v) is 4.14. The number of benzene rings is 1. The van der Waals surface area contributed by atoms with Gasteiger partial charge in [-0.2, -0.15) is 5.10 Å². The maximum absolute atomic E-state index is 4.72. The summed E-state index contributed by atoms with van der Waals surface area (Å²) in [5.74, 6) is 2.25. The van der Waals surface area contributed by atoms with E-state index in [2.05, 4.69) is 32.6 Å². The van der Waals surface area contributed by atoms with E-state index in [1.165, 1.54) is 5.56 Å². The van der Waals surface area contributed by atoms with Crippen LogP contribution < -0.4 is 0 Å². The predicted molar refractivity (Wildman–Crippen MR) is 95.1 cm³/mol. The highest BCUT2D eigenvalue weighted by atomic mass is 15.5. The number of aromatic nitrogens is 8. The summed E-state index contributed by atoms with van der Waals surface area (Å²) in [6, 6.07) is 14.2. The molecule has 0 saturated heterocycles. The molecule has 1 aromatic carbocycles. The minimum Gasteiger partial charge on any atom is -0.265 e. The van der Waals surface area contributed by atoms with Crippen LogP contribution in [0.3, 0.4) is 0 Å². The molecule has 0 N–H and O–H groups in total. The molecule has 0 aliphatic rings. The van der Waals surface area contributed by atoms with Crippen LogP contribution in [0.4, 0.5) is 0 Å². The summed E-state index contributed by atoms with van der Waals surface area (Å²) in [6.45, 7) is 3.08. The van der Waals surface area contributed by atoms with Gasteiger partial charge in [0.1, 0.15) is 18.2 Å². The van der Waals surface area contributed by atoms with Gasteiger partial charge in [0.2, 0.25) is 0 Å². The lowest BCUT2D eigenvalue weighted by atomic mass is 10.1. The van der Waals surface area contributed by atoms with Crippen LogP contribution in [0, 0.1) is 6.92 Å². The van der Waals surface area contributed by atoms with Crippen molar-refractivity contribution in [1.29, 1.82) is 0 Å². The van der Waals surface area contributed by atoms with Gasteiger partial charge in [-0.15, -0.1) is 5.10 Å². The lowest BCUT2D eigenvalue weighted by molar-refractivity contribution is 0.533. The van der Waals surface area contributed by atoms with Crippen LogP contribution in [-0.4, -0.2) is 40.0 Å². The minimum absolute atomic E-state index is 0.478. The van der Waals surface area contributed by atoms with Crippen molar-refractivity contribution in [3.05, 3.63) is 72.1 Å². The first-order valence-electron chi connectivity index (χ1n) is 8.40. The van der Waals surface area contributed by atoms with E-state index in [0.29, 0.717) is 12.4 Å². The number of hydrogen-bond acceptors (Lipinski definition) is 6. The number of pyridine rings is 1. The molecule has 26 heavy (non-hydrogen) atoms. The molecular formula is C18H18N8. The second-order valence-corrected chi connectivity index (χ2v) is 5.93. The Morgan fingerprint density at radius 1 is 0.962 bits per heavy atom. The van der Waals surface area contributed by atoms with Crippen LogP contribution in [0.25, 0.3) is 11.4 Å². The fourth-order valence-electron chi connectivity index (χ4n) is 2.70. The van der Waals surface area contributed by atoms with E-state index in [9.17, 15) is 0 Å². The van der Waals surface area contributed by atoms with Crippen molar-refractivity contribution in [2.45, 2.75) is 26.4 Å². The Kier molecular flexibility index (Phi) is 4.46. The molecule has 0 amide bonds. The van der Waals surface area contributed by atoms with E-state index in [-0.39, 0.29) is 0 Å². The van der Waals surface area contributed by atoms with Gasteiger partial charge in [-0.1, -0.05) is 30.3 Å². The quantitative estimate of drug-likeness (QED) is 0.530. The van der Waals surface area contributed by atoms with Crippen molar-refractivity contribution >= 4 is 0 Å². The summed E-state index contributed by atoms with van der Waals surface area (Å²) in [5.41, 5.74) is 2.20. The summed E-state index contributed by atoms with van der Waals surface area (Å²) in [6.07, 6.45) is 4.36. The molecule has 4 rings (SSSR count). The topological polar surface area (TPSA) is 87.2 Å². The number of rotatable bonds is 6. The van der Waals surface area contributed by atoms with Crippen LogP contribution in [-0.2, 0) is 19.5 Å². The molecule has 3 heterocycles. The number of nitrogens with zero attached hydrogens (tertiary/aromatic N) is 8. The zero-order valence-electron chi connectivity index (χ0n) is 14.4. The predicted octanol–water partition coefficient (Wildman–Crippen LogP) is 1.93. The molecule has 0 aliphatic heterocycles. The maximum atomic E-state index is 4.72. The Labute approximate surface area is 150 Å². The molecule has 130 valence electrons. The summed E-state index contributed by atoms with van der Waals surface area (Å²) >= 11 is 0. The molecule has 0 radical (unpaired) electrons. The molecule has 0 aliphatic carbocycles. The minimum atomic E-state index is 0.478. The van der Waals surface area contributed by atoms with E-state index in [4.69, 9.17) is 10.1 Å². The van der Waals surface area contributed by atoms with E-state index in [0.717, 1.165) is 30.2 Å². The molecule has 0 fully saturated rings. The lowest BCUT2D eigenvalue weighted by Crippen LogP contribution is -2.13. The summed E-state index contributed by atoms with van der Waals surface area (Å²) in [4.78, 5) is 8.77. The monoisotopic (exact) mass is 346 g/mol. The molecule has 0 unspecified atom stereocenters. The summed E-state index contributed by atoms with van der Waals surface area (Å²) < 4.78 is 3.66. The van der Waals surface area contributed by atoms with Crippen LogP contribution in [0.2, 0.25) is 0 Å². The van der Waals surface area contributed by atoms with Gasteiger partial charge in [0.25, 0.3) is 0 Å². The maximum Gasteiger partial charge on any atom is 0.181 e. The molecule has 0 spiro atoms. The normalized spacial score (nSPS) is 11.0. The van der Waals surface area contributed by atoms with E-state index in [1.807, 2.05) is 41.9 Å². The summed E-state index contributed by atoms with van der Waals surface area (Å²) in [5, 5.41) is 16.4. The van der Waals surface area contributed by atoms with Crippen molar-refractivity contribution in [2.24, 2.45) is 0 Å². The van der Waals surface area contributed by atoms with Gasteiger partial charge < -0.3 is 0 Å². The van der Waals surface area contributed by atoms with Gasteiger partial charge in [-0.3, -0.25) is 4.98 Å². The average Bonchev–Trinajstić information content (AvgIpc) is 3.28. The molecule has 8 nitrogen and oxygen atoms in total. The zero-order chi connectivity index (χ0) is 17.8. The van der Waals surface area contributed by atoms with E-state index in [1.54, 1.807) is 17.1 Å². The number of aryl methyl sites for hydroxylation is 3. The molecule has 0 atom stereocenters. The Morgan fingerprint density at radius 2 is 1.77 bits per heavy atom. The van der Waals surface area contributed by atoms with Crippen molar-refractivity contribution in [3.63, 3.8) is 0 Å². The number of hydrogen-bond donors (Lipinski definition) is 0. The molecule has 0 saturated carbocycles. The molecular weight excluding hydrogens is 328 g/mol. The van der Waals surface area contributed by atoms with Gasteiger partial charge in [0.05, 0.1) is 0 Å². The van der Waals surface area contributed by atoms with Crippen LogP contribution >= 0.6 is 0 Å². The third kappa shape index (κ3) is 3.49. The second kappa shape index (κ2) is 7.22. The standard InChI is InChI=1S/C18H18N8/c1-14-21-23-24-26(14)13-17-20-18(16-7-10-19-11-8-16)22-25(17)12-9-15-5-3-2-4-6-15/h2-8,10-11H,9,12-13H2,1H3. The first-order valence-corrected chi connectivity index (χ1v) is 8.40. The highest BCUT2D eigenvalue weighted by Gasteiger charge is 2.14. The van der Waals surface area contributed by atoms with Crippen LogP contribution in [0.5, 0.6) is 0 Å². The fourth-order valence-corrected chi connectivity index (χ4v) is 2.70. The Balaban J connectivity index is 1.63. The smallest absolute Gasteiger partial charge is 0.181 e. The van der Waals surface area contributed by atoms with Gasteiger partial charge in [-0.05, 0) is 41.5 Å². The molecule has 3 aromatic heterocycles. The van der Waals surface area contributed by atoms with Crippen molar-refractivity contribution in [3.8, 4) is 11.4 Å². The van der Waals surface area contributed by atoms with Crippen molar-refractivity contribution < 1.29 is 0 Å². The van der Waals surface area contributed by atoms with Gasteiger partial charge in [-0.25, -0.2) is 14.3 Å². The average molecular weight is 346 g/mol. The highest BCUT2D eigenvalue weighted by molar-refractivity contribution is 5.53.